The van der Waals surface area contributed by atoms with E-state index < -0.39 is 24.0 Å². The van der Waals surface area contributed by atoms with Gasteiger partial charge in [0.05, 0.1) is 26.4 Å². The van der Waals surface area contributed by atoms with E-state index in [1.54, 1.807) is 0 Å². The Balaban J connectivity index is 3.76. The first-order valence-corrected chi connectivity index (χ1v) is 4.43. The van der Waals surface area contributed by atoms with Gasteiger partial charge in [-0.25, -0.2) is 0 Å². The summed E-state index contributed by atoms with van der Waals surface area (Å²) >= 11 is 0. The van der Waals surface area contributed by atoms with E-state index in [0.717, 1.165) is 0 Å². The second kappa shape index (κ2) is 6.80. The van der Waals surface area contributed by atoms with E-state index in [1.165, 1.54) is 14.0 Å². The lowest BCUT2D eigenvalue weighted by molar-refractivity contribution is -0.155. The highest BCUT2D eigenvalue weighted by Gasteiger charge is 2.14. The average Bonchev–Trinajstić information content (AvgIpc) is 2.14. The highest BCUT2D eigenvalue weighted by molar-refractivity contribution is 5.77. The summed E-state index contributed by atoms with van der Waals surface area (Å²) < 4.78 is 9.15. The van der Waals surface area contributed by atoms with E-state index in [9.17, 15) is 14.4 Å². The summed E-state index contributed by atoms with van der Waals surface area (Å²) in [6.07, 6.45) is -1.10. The van der Waals surface area contributed by atoms with Crippen molar-refractivity contribution < 1.29 is 29.0 Å². The Morgan fingerprint density at radius 1 is 1.20 bits per heavy atom. The number of hydrogen-bond acceptors (Lipinski definition) is 5. The summed E-state index contributed by atoms with van der Waals surface area (Å²) in [5.74, 6) is -2.17. The lowest BCUT2D eigenvalue weighted by atomic mass is 10.3. The molecule has 0 aromatic heterocycles. The van der Waals surface area contributed by atoms with Crippen molar-refractivity contribution in [1.82, 2.24) is 0 Å². The van der Waals surface area contributed by atoms with Gasteiger partial charge in [0.1, 0.15) is 6.10 Å². The Bertz CT molecular complexity index is 247. The van der Waals surface area contributed by atoms with Gasteiger partial charge in [0, 0.05) is 0 Å². The van der Waals surface area contributed by atoms with Crippen LogP contribution in [0.3, 0.4) is 0 Å². The van der Waals surface area contributed by atoms with Crippen LogP contribution in [-0.2, 0) is 23.9 Å². The molecule has 0 heterocycles. The smallest absolute Gasteiger partial charge is 0.309 e. The van der Waals surface area contributed by atoms with Crippen LogP contribution in [0.1, 0.15) is 26.2 Å². The van der Waals surface area contributed by atoms with Gasteiger partial charge in [-0.05, 0) is 6.92 Å². The fourth-order valence-electron chi connectivity index (χ4n) is 0.852. The summed E-state index contributed by atoms with van der Waals surface area (Å²) in [5.41, 5.74) is 0. The molecule has 0 fully saturated rings. The van der Waals surface area contributed by atoms with Gasteiger partial charge >= 0.3 is 17.9 Å². The Labute approximate surface area is 87.2 Å². The summed E-state index contributed by atoms with van der Waals surface area (Å²) in [7, 11) is 1.24. The molecular weight excluding hydrogens is 204 g/mol. The van der Waals surface area contributed by atoms with Gasteiger partial charge in [-0.2, -0.15) is 0 Å². The Morgan fingerprint density at radius 2 is 1.80 bits per heavy atom. The first-order valence-electron chi connectivity index (χ1n) is 4.43. The van der Waals surface area contributed by atoms with Crippen LogP contribution in [0.25, 0.3) is 0 Å². The molecule has 6 nitrogen and oxygen atoms in total. The number of ether oxygens (including phenoxy) is 2. The SMILES string of the molecule is COC(=O)CC(C)OC(=O)CCC(=O)O. The van der Waals surface area contributed by atoms with Gasteiger partial charge in [-0.15, -0.1) is 0 Å². The number of carbonyl (C=O) groups excluding carboxylic acids is 2. The molecule has 15 heavy (non-hydrogen) atoms. The molecule has 0 aromatic rings. The van der Waals surface area contributed by atoms with E-state index >= 15 is 0 Å². The molecule has 0 saturated carbocycles. The van der Waals surface area contributed by atoms with Gasteiger partial charge < -0.3 is 14.6 Å². The largest absolute Gasteiger partial charge is 0.481 e. The van der Waals surface area contributed by atoms with Crippen molar-refractivity contribution in [2.45, 2.75) is 32.3 Å². The van der Waals surface area contributed by atoms with Gasteiger partial charge in [0.2, 0.25) is 0 Å². The number of carboxylic acid groups (broad SMARTS) is 1. The molecule has 1 N–H and O–H groups in total. The normalized spacial score (nSPS) is 11.6. The zero-order valence-electron chi connectivity index (χ0n) is 8.69. The minimum Gasteiger partial charge on any atom is -0.481 e. The third-order valence-corrected chi connectivity index (χ3v) is 1.56. The fraction of sp³-hybridized carbons (Fsp3) is 0.667. The first-order chi connectivity index (χ1) is 6.95. The van der Waals surface area contributed by atoms with Crippen molar-refractivity contribution in [3.8, 4) is 0 Å². The maximum Gasteiger partial charge on any atom is 0.309 e. The first kappa shape index (κ1) is 13.4. The lowest BCUT2D eigenvalue weighted by Gasteiger charge is -2.11. The highest BCUT2D eigenvalue weighted by Crippen LogP contribution is 2.02. The summed E-state index contributed by atoms with van der Waals surface area (Å²) in [4.78, 5) is 31.9. The molecule has 0 spiro atoms. The zero-order valence-corrected chi connectivity index (χ0v) is 8.69. The van der Waals surface area contributed by atoms with Crippen molar-refractivity contribution in [2.24, 2.45) is 0 Å². The van der Waals surface area contributed by atoms with Crippen molar-refractivity contribution in [3.05, 3.63) is 0 Å². The van der Waals surface area contributed by atoms with Crippen LogP contribution >= 0.6 is 0 Å². The molecule has 0 aliphatic rings. The fourth-order valence-corrected chi connectivity index (χ4v) is 0.852. The molecule has 0 aliphatic heterocycles. The molecule has 1 unspecified atom stereocenters. The molecule has 0 saturated heterocycles. The van der Waals surface area contributed by atoms with E-state index in [4.69, 9.17) is 9.84 Å². The number of hydrogen-bond donors (Lipinski definition) is 1. The van der Waals surface area contributed by atoms with Crippen LogP contribution in [0.15, 0.2) is 0 Å². The average molecular weight is 218 g/mol. The Morgan fingerprint density at radius 3 is 2.27 bits per heavy atom. The van der Waals surface area contributed by atoms with E-state index in [1.807, 2.05) is 0 Å². The number of esters is 2. The number of rotatable bonds is 6. The monoisotopic (exact) mass is 218 g/mol. The summed E-state index contributed by atoms with van der Waals surface area (Å²) in [6, 6.07) is 0. The third kappa shape index (κ3) is 7.48. The second-order valence-electron chi connectivity index (χ2n) is 2.97. The molecule has 6 heteroatoms. The minimum absolute atomic E-state index is 0.0324. The maximum atomic E-state index is 11.0. The van der Waals surface area contributed by atoms with Gasteiger partial charge in [0.15, 0.2) is 0 Å². The molecule has 0 rings (SSSR count). The second-order valence-corrected chi connectivity index (χ2v) is 2.97. The maximum absolute atomic E-state index is 11.0. The summed E-state index contributed by atoms with van der Waals surface area (Å²) in [6.45, 7) is 1.54. The number of carboxylic acids is 1. The molecule has 0 aromatic carbocycles. The standard InChI is InChI=1S/C9H14O6/c1-6(5-9(13)14-2)15-8(12)4-3-7(10)11/h6H,3-5H2,1-2H3,(H,10,11). The highest BCUT2D eigenvalue weighted by atomic mass is 16.6. The molecule has 86 valence electrons. The number of carbonyl (C=O) groups is 3. The molecular formula is C9H14O6. The molecule has 0 amide bonds. The van der Waals surface area contributed by atoms with Crippen molar-refractivity contribution in [2.75, 3.05) is 7.11 Å². The van der Waals surface area contributed by atoms with Crippen LogP contribution in [0, 0.1) is 0 Å². The lowest BCUT2D eigenvalue weighted by Crippen LogP contribution is -2.19. The Hall–Kier alpha value is -1.59. The predicted molar refractivity (Wildman–Crippen MR) is 49.1 cm³/mol. The molecule has 1 atom stereocenters. The van der Waals surface area contributed by atoms with Crippen molar-refractivity contribution in [3.63, 3.8) is 0 Å². The van der Waals surface area contributed by atoms with Gasteiger partial charge in [-0.1, -0.05) is 0 Å². The van der Waals surface area contributed by atoms with E-state index in [-0.39, 0.29) is 19.3 Å². The molecule has 0 aliphatic carbocycles. The predicted octanol–water partition coefficient (Wildman–Crippen LogP) is 0.346. The van der Waals surface area contributed by atoms with Crippen LogP contribution in [0.5, 0.6) is 0 Å². The van der Waals surface area contributed by atoms with Crippen LogP contribution in [-0.4, -0.2) is 36.2 Å². The topological polar surface area (TPSA) is 89.9 Å². The third-order valence-electron chi connectivity index (χ3n) is 1.56. The quantitative estimate of drug-likeness (QED) is 0.647. The van der Waals surface area contributed by atoms with Gasteiger partial charge in [-0.3, -0.25) is 14.4 Å². The van der Waals surface area contributed by atoms with Crippen LogP contribution < -0.4 is 0 Å². The van der Waals surface area contributed by atoms with Crippen LogP contribution in [0.4, 0.5) is 0 Å². The number of aliphatic carboxylic acids is 1. The van der Waals surface area contributed by atoms with Crippen LogP contribution in [0.2, 0.25) is 0 Å². The van der Waals surface area contributed by atoms with E-state index in [0.29, 0.717) is 0 Å². The minimum atomic E-state index is -1.06. The molecule has 0 bridgehead atoms. The van der Waals surface area contributed by atoms with E-state index in [2.05, 4.69) is 4.74 Å². The van der Waals surface area contributed by atoms with Crippen molar-refractivity contribution >= 4 is 17.9 Å². The number of methoxy groups -OCH3 is 1. The van der Waals surface area contributed by atoms with Gasteiger partial charge in [0.25, 0.3) is 0 Å². The molecule has 0 radical (unpaired) electrons. The summed E-state index contributed by atoms with van der Waals surface area (Å²) in [5, 5.41) is 8.30. The zero-order chi connectivity index (χ0) is 11.8. The van der Waals surface area contributed by atoms with Crippen molar-refractivity contribution in [1.29, 1.82) is 0 Å². The Kier molecular flexibility index (Phi) is 6.08.